The van der Waals surface area contributed by atoms with Crippen LogP contribution in [0.1, 0.15) is 79.6 Å². The molecule has 3 aliphatic heterocycles. The lowest BCUT2D eigenvalue weighted by molar-refractivity contribution is -0.243. The molecule has 5 atom stereocenters. The summed E-state index contributed by atoms with van der Waals surface area (Å²) in [5, 5.41) is 6.39. The van der Waals surface area contributed by atoms with E-state index < -0.39 is 74.0 Å². The summed E-state index contributed by atoms with van der Waals surface area (Å²) in [6.07, 6.45) is -0.124. The number of fused-ring (bicyclic) bond motifs is 5. The molecule has 1 aromatic heterocycles. The number of likely N-dealkylation sites (N-methyl/N-ethyl adjacent to an activating group) is 1. The standard InChI is InChI=1S/C41H51F3N6O9S/c1-23-9-7-8-10-25-21-40(25,36(53)48-60(55,56)39(5)14-15-39)47-33(51)30-20-26(58-34-28-11-12-29-32(27(28)13-16-45-34)57-18-17-49(29)6)22-50(30)35(52)31(24(2)19-23)46-37(54)59-38(3,4)41(42,43)44/h8,10-13,16,23,25-26,30H,7,9,14-15,17-22H2,1-6H3,(H,46,54)(H,47,51)(H,48,53)/b10-8?,31-24+. The number of carbonyl (C=O) groups excluding carboxylic acids is 4. The summed E-state index contributed by atoms with van der Waals surface area (Å²) in [5.74, 6) is -2.42. The Labute approximate surface area is 346 Å². The highest BCUT2D eigenvalue weighted by Crippen LogP contribution is 2.48. The molecule has 2 aromatic rings. The van der Waals surface area contributed by atoms with Crippen LogP contribution in [0.3, 0.4) is 0 Å². The number of aromatic nitrogens is 1. The highest BCUT2D eigenvalue weighted by atomic mass is 32.2. The lowest BCUT2D eigenvalue weighted by atomic mass is 9.95. The molecule has 3 N–H and O–H groups in total. The predicted molar refractivity (Wildman–Crippen MR) is 213 cm³/mol. The zero-order valence-electron chi connectivity index (χ0n) is 34.4. The van der Waals surface area contributed by atoms with Crippen molar-refractivity contribution in [1.82, 2.24) is 25.2 Å². The normalized spacial score (nSPS) is 28.2. The zero-order valence-corrected chi connectivity index (χ0v) is 35.2. The first-order chi connectivity index (χ1) is 28.1. The number of nitrogens with one attached hydrogen (secondary N) is 3. The second-order valence-electron chi connectivity index (χ2n) is 17.5. The first-order valence-corrected chi connectivity index (χ1v) is 21.6. The number of alkyl carbamates (subject to hydrolysis) is 1. The van der Waals surface area contributed by atoms with E-state index in [2.05, 4.69) is 25.2 Å². The van der Waals surface area contributed by atoms with Crippen molar-refractivity contribution in [3.63, 3.8) is 0 Å². The predicted octanol–water partition coefficient (Wildman–Crippen LogP) is 5.00. The van der Waals surface area contributed by atoms with Gasteiger partial charge in [0.2, 0.25) is 27.4 Å². The van der Waals surface area contributed by atoms with Gasteiger partial charge in [-0.2, -0.15) is 13.2 Å². The summed E-state index contributed by atoms with van der Waals surface area (Å²) < 4.78 is 86.1. The lowest BCUT2D eigenvalue weighted by Crippen LogP contribution is -2.57. The molecule has 1 saturated heterocycles. The van der Waals surface area contributed by atoms with Crippen LogP contribution < -0.4 is 29.7 Å². The van der Waals surface area contributed by atoms with Crippen molar-refractivity contribution in [2.75, 3.05) is 31.6 Å². The number of rotatable bonds is 7. The Morgan fingerprint density at radius 2 is 1.85 bits per heavy atom. The highest BCUT2D eigenvalue weighted by Gasteiger charge is 2.63. The molecule has 0 bridgehead atoms. The summed E-state index contributed by atoms with van der Waals surface area (Å²) in [7, 11) is -2.14. The van der Waals surface area contributed by atoms with Gasteiger partial charge in [-0.3, -0.25) is 24.4 Å². The quantitative estimate of drug-likeness (QED) is 0.318. The molecule has 3 fully saturated rings. The van der Waals surface area contributed by atoms with Gasteiger partial charge in [-0.15, -0.1) is 0 Å². The van der Waals surface area contributed by atoms with E-state index in [9.17, 15) is 40.8 Å². The van der Waals surface area contributed by atoms with Gasteiger partial charge in [-0.1, -0.05) is 19.1 Å². The smallest absolute Gasteiger partial charge is 0.427 e. The molecule has 5 aliphatic rings. The summed E-state index contributed by atoms with van der Waals surface area (Å²) in [6, 6.07) is 4.14. The molecule has 4 heterocycles. The molecule has 326 valence electrons. The molecular weight excluding hydrogens is 810 g/mol. The third kappa shape index (κ3) is 8.20. The number of sulfonamides is 1. The number of benzene rings is 1. The molecule has 19 heteroatoms. The maximum atomic E-state index is 14.8. The molecule has 0 radical (unpaired) electrons. The van der Waals surface area contributed by atoms with Gasteiger partial charge in [0.05, 0.1) is 23.5 Å². The van der Waals surface area contributed by atoms with Crippen LogP contribution in [0, 0.1) is 11.8 Å². The average molecular weight is 861 g/mol. The highest BCUT2D eigenvalue weighted by molar-refractivity contribution is 7.91. The zero-order chi connectivity index (χ0) is 43.6. The van der Waals surface area contributed by atoms with E-state index in [0.717, 1.165) is 16.0 Å². The van der Waals surface area contributed by atoms with Crippen LogP contribution in [0.2, 0.25) is 0 Å². The number of hydrogen-bond donors (Lipinski definition) is 3. The van der Waals surface area contributed by atoms with E-state index in [0.29, 0.717) is 69.4 Å². The first-order valence-electron chi connectivity index (χ1n) is 20.1. The number of carbonyl (C=O) groups is 4. The van der Waals surface area contributed by atoms with Gasteiger partial charge in [-0.05, 0) is 95.9 Å². The largest absolute Gasteiger partial charge is 0.489 e. The summed E-state index contributed by atoms with van der Waals surface area (Å²) in [6.45, 7) is 7.29. The molecule has 0 spiro atoms. The fraction of sp³-hybridized carbons (Fsp3) is 0.585. The van der Waals surface area contributed by atoms with E-state index in [4.69, 9.17) is 14.2 Å². The van der Waals surface area contributed by atoms with Gasteiger partial charge in [0.15, 0.2) is 5.75 Å². The van der Waals surface area contributed by atoms with Crippen molar-refractivity contribution in [1.29, 1.82) is 0 Å². The fourth-order valence-corrected chi connectivity index (χ4v) is 9.30. The van der Waals surface area contributed by atoms with Crippen LogP contribution in [-0.4, -0.2) is 103 Å². The Hall–Kier alpha value is -5.07. The number of amides is 4. The SMILES string of the molecule is C/C1=C(\NC(=O)OC(C)(C)C(F)(F)F)C(=O)N2CC(Oc3nccc4c5c(ccc34)N(C)CCO5)CC2C(=O)NC2(C(=O)NS(=O)(=O)C3(C)CC3)CC2C=CCCC(C)C1. The van der Waals surface area contributed by atoms with Crippen LogP contribution in [0.15, 0.2) is 47.8 Å². The second-order valence-corrected chi connectivity index (χ2v) is 19.7. The third-order valence-corrected chi connectivity index (χ3v) is 14.5. The Balaban J connectivity index is 1.24. The summed E-state index contributed by atoms with van der Waals surface area (Å²) in [5.41, 5.74) is -3.73. The Kier molecular flexibility index (Phi) is 11.1. The first kappa shape index (κ1) is 43.0. The number of pyridine rings is 1. The van der Waals surface area contributed by atoms with Gasteiger partial charge in [0, 0.05) is 36.4 Å². The Morgan fingerprint density at radius 3 is 2.55 bits per heavy atom. The van der Waals surface area contributed by atoms with Gasteiger partial charge >= 0.3 is 12.3 Å². The monoisotopic (exact) mass is 860 g/mol. The number of alkyl halides is 3. The van der Waals surface area contributed by atoms with Crippen LogP contribution in [0.4, 0.5) is 23.7 Å². The maximum Gasteiger partial charge on any atom is 0.427 e. The van der Waals surface area contributed by atoms with Gasteiger partial charge in [0.1, 0.15) is 30.0 Å². The third-order valence-electron chi connectivity index (χ3n) is 12.4. The number of allylic oxidation sites excluding steroid dienone is 2. The van der Waals surface area contributed by atoms with Crippen molar-refractivity contribution in [3.8, 4) is 11.6 Å². The van der Waals surface area contributed by atoms with Crippen molar-refractivity contribution < 1.29 is 55.0 Å². The fourth-order valence-electron chi connectivity index (χ4n) is 7.99. The minimum atomic E-state index is -4.93. The molecule has 15 nitrogen and oxygen atoms in total. The van der Waals surface area contributed by atoms with Gasteiger partial charge < -0.3 is 29.3 Å². The van der Waals surface area contributed by atoms with Crippen LogP contribution >= 0.6 is 0 Å². The Bertz CT molecular complexity index is 2280. The molecule has 7 rings (SSSR count). The van der Waals surface area contributed by atoms with Crippen molar-refractivity contribution in [2.45, 2.75) is 114 Å². The van der Waals surface area contributed by atoms with E-state index in [1.807, 2.05) is 32.2 Å². The molecule has 4 amide bonds. The molecule has 5 unspecified atom stereocenters. The molecule has 2 aliphatic carbocycles. The molecule has 1 aromatic carbocycles. The number of ether oxygens (including phenoxy) is 3. The molecule has 60 heavy (non-hydrogen) atoms. The van der Waals surface area contributed by atoms with Crippen LogP contribution in [0.5, 0.6) is 11.6 Å². The molecule has 2 saturated carbocycles. The minimum absolute atomic E-state index is 0.0949. The maximum absolute atomic E-state index is 14.8. The topological polar surface area (TPSA) is 186 Å². The van der Waals surface area contributed by atoms with E-state index in [1.165, 1.54) is 6.92 Å². The summed E-state index contributed by atoms with van der Waals surface area (Å²) in [4.78, 5) is 64.1. The van der Waals surface area contributed by atoms with Crippen LogP contribution in [0.25, 0.3) is 10.8 Å². The second kappa shape index (κ2) is 15.4. The number of anilines is 1. The Morgan fingerprint density at radius 1 is 1.12 bits per heavy atom. The van der Waals surface area contributed by atoms with Crippen molar-refractivity contribution in [3.05, 3.63) is 47.8 Å². The van der Waals surface area contributed by atoms with E-state index in [1.54, 1.807) is 25.3 Å². The molecular formula is C41H51F3N6O9S. The number of nitrogens with zero attached hydrogens (tertiary/aromatic N) is 3. The van der Waals surface area contributed by atoms with E-state index >= 15 is 0 Å². The summed E-state index contributed by atoms with van der Waals surface area (Å²) >= 11 is 0. The number of halogens is 3. The average Bonchev–Trinajstić information content (AvgIpc) is 4.04. The van der Waals surface area contributed by atoms with Gasteiger partial charge in [-0.25, -0.2) is 18.2 Å². The van der Waals surface area contributed by atoms with Crippen LogP contribution in [-0.2, 0) is 29.1 Å². The van der Waals surface area contributed by atoms with Crippen molar-refractivity contribution in [2.24, 2.45) is 11.8 Å². The van der Waals surface area contributed by atoms with E-state index in [-0.39, 0.29) is 43.3 Å². The van der Waals surface area contributed by atoms with Gasteiger partial charge in [0.25, 0.3) is 11.8 Å². The lowest BCUT2D eigenvalue weighted by Gasteiger charge is -2.30. The van der Waals surface area contributed by atoms with Crippen molar-refractivity contribution >= 4 is 50.3 Å². The number of hydrogen-bond acceptors (Lipinski definition) is 11. The minimum Gasteiger partial charge on any atom is -0.489 e.